The number of carbonyl (C=O) groups is 2. The molecule has 0 saturated carbocycles. The third-order valence-corrected chi connectivity index (χ3v) is 1.02. The Morgan fingerprint density at radius 3 is 1.00 bits per heavy atom. The predicted molar refractivity (Wildman–Crippen MR) is 75.6 cm³/mol. The molecule has 0 unspecified atom stereocenters. The summed E-state index contributed by atoms with van der Waals surface area (Å²) < 4.78 is 0. The van der Waals surface area contributed by atoms with Crippen molar-refractivity contribution in [2.45, 2.75) is 60.3 Å². The molecule has 0 aromatic heterocycles. The van der Waals surface area contributed by atoms with E-state index in [9.17, 15) is 4.79 Å². The minimum absolute atomic E-state index is 0. The molecule has 0 heterocycles. The fraction of sp³-hybridized carbons (Fsp3) is 0.846. The first-order valence-corrected chi connectivity index (χ1v) is 6.18. The van der Waals surface area contributed by atoms with E-state index in [4.69, 9.17) is 20.1 Å². The summed E-state index contributed by atoms with van der Waals surface area (Å²) >= 11 is 0. The van der Waals surface area contributed by atoms with Gasteiger partial charge in [-0.05, 0) is 26.7 Å². The fourth-order valence-corrected chi connectivity index (χ4v) is 0.316. The third kappa shape index (κ3) is 356. The van der Waals surface area contributed by atoms with Gasteiger partial charge in [0.15, 0.2) is 0 Å². The maximum absolute atomic E-state index is 9.44. The molecule has 0 aliphatic carbocycles. The van der Waals surface area contributed by atoms with E-state index >= 15 is 0 Å². The number of Topliss-reactive ketones (excluding diaryl/α,β-unsaturated/α-hetero) is 1. The molecule has 0 rings (SSSR count). The fourth-order valence-electron chi connectivity index (χ4n) is 0.316. The average molecular weight is 331 g/mol. The first-order valence-electron chi connectivity index (χ1n) is 6.18. The molecule has 0 fully saturated rings. The number of aliphatic carboxylic acids is 1. The van der Waals surface area contributed by atoms with Crippen LogP contribution in [0.1, 0.15) is 60.3 Å². The Morgan fingerprint density at radius 1 is 0.850 bits per heavy atom. The van der Waals surface area contributed by atoms with Crippen LogP contribution in [0.5, 0.6) is 0 Å². The van der Waals surface area contributed by atoms with Gasteiger partial charge in [-0.3, -0.25) is 4.79 Å². The number of ketones is 1. The van der Waals surface area contributed by atoms with Crippen molar-refractivity contribution in [1.29, 1.82) is 0 Å². The van der Waals surface area contributed by atoms with Crippen molar-refractivity contribution < 1.29 is 52.1 Å². The number of hydrogen-bond donors (Lipinski definition) is 3. The van der Waals surface area contributed by atoms with E-state index in [2.05, 4.69) is 13.8 Å². The van der Waals surface area contributed by atoms with E-state index < -0.39 is 5.97 Å². The number of unbranched alkanes of at least 4 members (excludes halogenated alkanes) is 2. The van der Waals surface area contributed by atoms with Crippen LogP contribution in [0, 0.1) is 0 Å². The average Bonchev–Trinajstić information content (AvgIpc) is 2.19. The second-order valence-corrected chi connectivity index (χ2v) is 3.58. The minimum atomic E-state index is -0.833. The second kappa shape index (κ2) is 42.8. The standard InChI is InChI=1S/2C4H10O.C3H6O.C2H4O2.H2O.Ti/c2*1-2-3-4-5;1-3(2)4;1-2(3)4;;/h2*5H,2-4H2,1H3;1-2H3;1H3,(H,3,4);1H2;/p-1. The van der Waals surface area contributed by atoms with Crippen LogP contribution >= 0.6 is 0 Å². The van der Waals surface area contributed by atoms with Crippen molar-refractivity contribution in [3.05, 3.63) is 0 Å². The zero-order valence-electron chi connectivity index (χ0n) is 13.3. The van der Waals surface area contributed by atoms with Crippen LogP contribution in [0.2, 0.25) is 0 Å². The largest absolute Gasteiger partial charge is 0.870 e. The number of hydrogen-bond acceptors (Lipinski definition) is 5. The Labute approximate surface area is 137 Å². The van der Waals surface area contributed by atoms with E-state index in [0.29, 0.717) is 13.2 Å². The summed E-state index contributed by atoms with van der Waals surface area (Å²) in [6.07, 6.45) is 4.08. The summed E-state index contributed by atoms with van der Waals surface area (Å²) in [6.45, 7) is 8.93. The number of carboxylic acid groups (broad SMARTS) is 1. The summed E-state index contributed by atoms with van der Waals surface area (Å²) in [4.78, 5) is 18.4. The summed E-state index contributed by atoms with van der Waals surface area (Å²) in [5, 5.41) is 23.5. The Morgan fingerprint density at radius 2 is 1.00 bits per heavy atom. The minimum Gasteiger partial charge on any atom is -0.870 e. The van der Waals surface area contributed by atoms with Gasteiger partial charge in [-0.15, -0.1) is 0 Å². The number of carbonyl (C=O) groups excluding carboxylic acids is 1. The Bertz CT molecular complexity index is 135. The van der Waals surface area contributed by atoms with Gasteiger partial charge in [-0.25, -0.2) is 0 Å². The van der Waals surface area contributed by atoms with Crippen molar-refractivity contribution in [2.24, 2.45) is 0 Å². The summed E-state index contributed by atoms with van der Waals surface area (Å²) in [5.41, 5.74) is 0. The van der Waals surface area contributed by atoms with Crippen molar-refractivity contribution in [1.82, 2.24) is 0 Å². The summed E-state index contributed by atoms with van der Waals surface area (Å²) in [6, 6.07) is 0. The molecule has 0 spiro atoms. The number of aliphatic hydroxyl groups is 2. The number of rotatable bonds is 4. The molecule has 4 N–H and O–H groups in total. The third-order valence-electron chi connectivity index (χ3n) is 1.02. The monoisotopic (exact) mass is 331 g/mol. The maximum atomic E-state index is 9.44. The first-order chi connectivity index (χ1) is 8.29. The quantitative estimate of drug-likeness (QED) is 0.677. The van der Waals surface area contributed by atoms with Crippen LogP contribution in [0.15, 0.2) is 0 Å². The molecule has 0 atom stereocenters. The van der Waals surface area contributed by atoms with Gasteiger partial charge in [-0.2, -0.15) is 0 Å². The normalized spacial score (nSPS) is 6.75. The summed E-state index contributed by atoms with van der Waals surface area (Å²) in [5.74, 6) is -0.667. The van der Waals surface area contributed by atoms with Crippen LogP contribution in [-0.2, 0) is 31.3 Å². The zero-order chi connectivity index (χ0) is 15.4. The molecule has 0 aromatic carbocycles. The van der Waals surface area contributed by atoms with E-state index in [1.165, 1.54) is 13.8 Å². The topological polar surface area (TPSA) is 125 Å². The van der Waals surface area contributed by atoms with E-state index in [0.717, 1.165) is 32.6 Å². The molecule has 0 saturated heterocycles. The maximum Gasteiger partial charge on any atom is 0.300 e. The van der Waals surface area contributed by atoms with Gasteiger partial charge in [0.1, 0.15) is 5.78 Å². The molecule has 6 nitrogen and oxygen atoms in total. The molecule has 20 heavy (non-hydrogen) atoms. The zero-order valence-corrected chi connectivity index (χ0v) is 14.9. The van der Waals surface area contributed by atoms with E-state index in [1.54, 1.807) is 0 Å². The van der Waals surface area contributed by atoms with Gasteiger partial charge in [0.05, 0.1) is 0 Å². The van der Waals surface area contributed by atoms with E-state index in [-0.39, 0.29) is 33.0 Å². The van der Waals surface area contributed by atoms with Gasteiger partial charge >= 0.3 is 0 Å². The first kappa shape index (κ1) is 36.7. The summed E-state index contributed by atoms with van der Waals surface area (Å²) in [7, 11) is 0. The van der Waals surface area contributed by atoms with Crippen molar-refractivity contribution in [3.8, 4) is 0 Å². The molecule has 0 bridgehead atoms. The van der Waals surface area contributed by atoms with Crippen LogP contribution < -0.4 is 0 Å². The number of carboxylic acids is 1. The Hall–Kier alpha value is -0.266. The van der Waals surface area contributed by atoms with Gasteiger partial charge in [0.2, 0.25) is 0 Å². The van der Waals surface area contributed by atoms with Gasteiger partial charge in [0.25, 0.3) is 5.97 Å². The Balaban J connectivity index is -0.0000000318. The van der Waals surface area contributed by atoms with Crippen LogP contribution in [-0.4, -0.2) is 45.8 Å². The van der Waals surface area contributed by atoms with Crippen molar-refractivity contribution in [3.63, 3.8) is 0 Å². The van der Waals surface area contributed by atoms with Gasteiger partial charge < -0.3 is 25.6 Å². The molecule has 0 aliphatic rings. The van der Waals surface area contributed by atoms with Crippen LogP contribution in [0.4, 0.5) is 0 Å². The SMILES string of the molecule is CC(=O)O.CC(C)=O.CCCCO.CCCCO.[OH-].[Ti]. The van der Waals surface area contributed by atoms with Crippen molar-refractivity contribution in [2.75, 3.05) is 13.2 Å². The van der Waals surface area contributed by atoms with Crippen LogP contribution in [0.3, 0.4) is 0 Å². The predicted octanol–water partition coefficient (Wildman–Crippen LogP) is 2.06. The molecular formula is C13H31O6Ti-. The van der Waals surface area contributed by atoms with Crippen LogP contribution in [0.25, 0.3) is 0 Å². The van der Waals surface area contributed by atoms with Gasteiger partial charge in [-0.1, -0.05) is 26.7 Å². The van der Waals surface area contributed by atoms with Gasteiger partial charge in [0, 0.05) is 41.9 Å². The molecule has 0 aromatic rings. The molecular weight excluding hydrogens is 300 g/mol. The Kier molecular flexibility index (Phi) is 78.6. The van der Waals surface area contributed by atoms with E-state index in [1.807, 2.05) is 0 Å². The molecule has 0 amide bonds. The molecule has 0 radical (unpaired) electrons. The molecule has 124 valence electrons. The second-order valence-electron chi connectivity index (χ2n) is 3.58. The number of aliphatic hydroxyl groups excluding tert-OH is 2. The molecule has 0 aliphatic heterocycles. The smallest absolute Gasteiger partial charge is 0.300 e. The van der Waals surface area contributed by atoms with Crippen molar-refractivity contribution >= 4 is 11.8 Å². The molecule has 7 heteroatoms.